The zero-order valence-corrected chi connectivity index (χ0v) is 22.9. The monoisotopic (exact) mass is 545 g/mol. The largest absolute Gasteiger partial charge is 0.493 e. The number of ether oxygens (including phenoxy) is 2. The van der Waals surface area contributed by atoms with Crippen LogP contribution in [-0.2, 0) is 11.2 Å². The number of benzene rings is 2. The summed E-state index contributed by atoms with van der Waals surface area (Å²) >= 11 is 5.82. The number of carbonyl (C=O) groups excluding carboxylic acids is 1. The second-order valence-corrected chi connectivity index (χ2v) is 10.1. The van der Waals surface area contributed by atoms with Crippen LogP contribution in [0.25, 0.3) is 22.2 Å². The number of piperidine rings is 1. The zero-order chi connectivity index (χ0) is 27.2. The first-order valence-corrected chi connectivity index (χ1v) is 13.6. The number of anilines is 1. The van der Waals surface area contributed by atoms with Gasteiger partial charge in [-0.05, 0) is 68.2 Å². The number of nitrogens with one attached hydrogen (secondary N) is 1. The fraction of sp³-hybridized carbons (Fsp3) is 0.333. The molecule has 1 aliphatic heterocycles. The molecule has 3 heterocycles. The molecule has 2 aromatic heterocycles. The Balaban J connectivity index is 1.29. The standard InChI is InChI=1S/C30H32ClN5O3/c1-3-36-12-10-20(11-13-36)18-39-27-16-25-24(15-26(27)38-2)30(34-19-33-25)22-5-7-23(8-6-22)35-29(37)14-21-4-9-28(31)32-17-21/h4-9,15-17,19-20H,3,10-14,18H2,1-2H3,(H,35,37). The van der Waals surface area contributed by atoms with E-state index in [1.807, 2.05) is 36.4 Å². The number of methoxy groups -OCH3 is 1. The Morgan fingerprint density at radius 1 is 1.05 bits per heavy atom. The molecule has 5 rings (SSSR count). The third kappa shape index (κ3) is 6.64. The van der Waals surface area contributed by atoms with Crippen LogP contribution >= 0.6 is 11.6 Å². The van der Waals surface area contributed by atoms with Crippen LogP contribution in [0.4, 0.5) is 5.69 Å². The van der Waals surface area contributed by atoms with Crippen molar-refractivity contribution in [2.45, 2.75) is 26.2 Å². The molecule has 39 heavy (non-hydrogen) atoms. The number of pyridine rings is 1. The number of hydrogen-bond acceptors (Lipinski definition) is 7. The van der Waals surface area contributed by atoms with Crippen LogP contribution in [0.15, 0.2) is 61.1 Å². The van der Waals surface area contributed by atoms with E-state index in [9.17, 15) is 4.79 Å². The summed E-state index contributed by atoms with van der Waals surface area (Å²) in [6.07, 6.45) is 5.66. The molecule has 0 aliphatic carbocycles. The minimum Gasteiger partial charge on any atom is -0.493 e. The number of hydrogen-bond donors (Lipinski definition) is 1. The Morgan fingerprint density at radius 3 is 2.54 bits per heavy atom. The van der Waals surface area contributed by atoms with Crippen molar-refractivity contribution in [2.75, 3.05) is 38.7 Å². The minimum absolute atomic E-state index is 0.132. The van der Waals surface area contributed by atoms with Gasteiger partial charge in [-0.25, -0.2) is 15.0 Å². The highest BCUT2D eigenvalue weighted by Gasteiger charge is 2.20. The van der Waals surface area contributed by atoms with E-state index in [2.05, 4.69) is 32.1 Å². The summed E-state index contributed by atoms with van der Waals surface area (Å²) in [7, 11) is 1.65. The molecule has 1 amide bonds. The van der Waals surface area contributed by atoms with Crippen molar-refractivity contribution in [3.8, 4) is 22.8 Å². The molecule has 9 heteroatoms. The van der Waals surface area contributed by atoms with Crippen molar-refractivity contribution >= 4 is 34.1 Å². The van der Waals surface area contributed by atoms with Gasteiger partial charge >= 0.3 is 0 Å². The van der Waals surface area contributed by atoms with Gasteiger partial charge in [-0.1, -0.05) is 36.7 Å². The van der Waals surface area contributed by atoms with Crippen molar-refractivity contribution in [2.24, 2.45) is 5.92 Å². The molecule has 0 radical (unpaired) electrons. The van der Waals surface area contributed by atoms with Crippen LogP contribution in [0.3, 0.4) is 0 Å². The lowest BCUT2D eigenvalue weighted by atomic mass is 9.98. The molecule has 1 N–H and O–H groups in total. The van der Waals surface area contributed by atoms with Gasteiger partial charge in [0.2, 0.25) is 5.91 Å². The van der Waals surface area contributed by atoms with Crippen LogP contribution in [-0.4, -0.2) is 59.1 Å². The summed E-state index contributed by atoms with van der Waals surface area (Å²) in [5.41, 5.74) is 3.95. The number of halogens is 1. The van der Waals surface area contributed by atoms with Crippen LogP contribution in [0.2, 0.25) is 5.15 Å². The number of likely N-dealkylation sites (tertiary alicyclic amines) is 1. The molecule has 0 bridgehead atoms. The molecular formula is C30H32ClN5O3. The number of fused-ring (bicyclic) bond motifs is 1. The molecule has 0 saturated carbocycles. The van der Waals surface area contributed by atoms with Crippen molar-refractivity contribution in [3.63, 3.8) is 0 Å². The molecule has 1 aliphatic rings. The average Bonchev–Trinajstić information content (AvgIpc) is 2.97. The molecule has 4 aromatic rings. The maximum absolute atomic E-state index is 12.5. The number of aromatic nitrogens is 3. The molecule has 202 valence electrons. The van der Waals surface area contributed by atoms with Gasteiger partial charge in [0.25, 0.3) is 0 Å². The second kappa shape index (κ2) is 12.4. The van der Waals surface area contributed by atoms with E-state index in [1.165, 1.54) is 0 Å². The Morgan fingerprint density at radius 2 is 1.85 bits per heavy atom. The van der Waals surface area contributed by atoms with Gasteiger partial charge < -0.3 is 19.7 Å². The van der Waals surface area contributed by atoms with Crippen molar-refractivity contribution in [1.82, 2.24) is 19.9 Å². The fourth-order valence-corrected chi connectivity index (χ4v) is 4.97. The van der Waals surface area contributed by atoms with Crippen LogP contribution in [0, 0.1) is 5.92 Å². The lowest BCUT2D eigenvalue weighted by Crippen LogP contribution is -2.35. The first-order valence-electron chi connectivity index (χ1n) is 13.2. The van der Waals surface area contributed by atoms with Gasteiger partial charge in [0.1, 0.15) is 11.5 Å². The fourth-order valence-electron chi connectivity index (χ4n) is 4.86. The number of amides is 1. The highest BCUT2D eigenvalue weighted by molar-refractivity contribution is 6.29. The summed E-state index contributed by atoms with van der Waals surface area (Å²) in [6, 6.07) is 14.9. The lowest BCUT2D eigenvalue weighted by molar-refractivity contribution is -0.115. The van der Waals surface area contributed by atoms with Gasteiger partial charge in [0.05, 0.1) is 31.3 Å². The Hall–Kier alpha value is -3.75. The van der Waals surface area contributed by atoms with Crippen LogP contribution < -0.4 is 14.8 Å². The van der Waals surface area contributed by atoms with Gasteiger partial charge in [0, 0.05) is 28.9 Å². The highest BCUT2D eigenvalue weighted by Crippen LogP contribution is 2.36. The minimum atomic E-state index is -0.132. The van der Waals surface area contributed by atoms with E-state index in [-0.39, 0.29) is 12.3 Å². The average molecular weight is 546 g/mol. The van der Waals surface area contributed by atoms with E-state index in [1.54, 1.807) is 31.8 Å². The lowest BCUT2D eigenvalue weighted by Gasteiger charge is -2.30. The molecular weight excluding hydrogens is 514 g/mol. The van der Waals surface area contributed by atoms with E-state index in [0.29, 0.717) is 34.9 Å². The van der Waals surface area contributed by atoms with E-state index < -0.39 is 0 Å². The maximum atomic E-state index is 12.5. The quantitative estimate of drug-likeness (QED) is 0.272. The van der Waals surface area contributed by atoms with Crippen molar-refractivity contribution < 1.29 is 14.3 Å². The summed E-state index contributed by atoms with van der Waals surface area (Å²) in [6.45, 7) is 6.23. The first-order chi connectivity index (χ1) is 19.0. The Labute approximate surface area is 233 Å². The topological polar surface area (TPSA) is 89.5 Å². The molecule has 8 nitrogen and oxygen atoms in total. The number of carbonyl (C=O) groups is 1. The Kier molecular flexibility index (Phi) is 8.54. The molecule has 2 aromatic carbocycles. The summed E-state index contributed by atoms with van der Waals surface area (Å²) in [5.74, 6) is 1.76. The van der Waals surface area contributed by atoms with E-state index >= 15 is 0 Å². The number of rotatable bonds is 9. The smallest absolute Gasteiger partial charge is 0.228 e. The summed E-state index contributed by atoms with van der Waals surface area (Å²) in [4.78, 5) is 28.0. The van der Waals surface area contributed by atoms with Gasteiger partial charge in [-0.3, -0.25) is 4.79 Å². The molecule has 0 unspecified atom stereocenters. The third-order valence-corrected chi connectivity index (χ3v) is 7.37. The second-order valence-electron chi connectivity index (χ2n) is 9.72. The summed E-state index contributed by atoms with van der Waals surface area (Å²) < 4.78 is 11.9. The summed E-state index contributed by atoms with van der Waals surface area (Å²) in [5, 5.41) is 4.19. The van der Waals surface area contributed by atoms with E-state index in [4.69, 9.17) is 21.1 Å². The predicted molar refractivity (Wildman–Crippen MR) is 153 cm³/mol. The van der Waals surface area contributed by atoms with Gasteiger partial charge in [0.15, 0.2) is 11.5 Å². The highest BCUT2D eigenvalue weighted by atomic mass is 35.5. The molecule has 1 saturated heterocycles. The molecule has 0 atom stereocenters. The van der Waals surface area contributed by atoms with Crippen molar-refractivity contribution in [3.05, 3.63) is 71.8 Å². The van der Waals surface area contributed by atoms with Gasteiger partial charge in [-0.2, -0.15) is 0 Å². The normalized spacial score (nSPS) is 14.3. The predicted octanol–water partition coefficient (Wildman–Crippen LogP) is 5.65. The molecule has 1 fully saturated rings. The van der Waals surface area contributed by atoms with Gasteiger partial charge in [-0.15, -0.1) is 0 Å². The zero-order valence-electron chi connectivity index (χ0n) is 22.2. The van der Waals surface area contributed by atoms with Crippen LogP contribution in [0.5, 0.6) is 11.5 Å². The first kappa shape index (κ1) is 26.8. The third-order valence-electron chi connectivity index (χ3n) is 7.15. The van der Waals surface area contributed by atoms with Crippen LogP contribution in [0.1, 0.15) is 25.3 Å². The number of nitrogens with zero attached hydrogens (tertiary/aromatic N) is 4. The van der Waals surface area contributed by atoms with Crippen molar-refractivity contribution in [1.29, 1.82) is 0 Å². The van der Waals surface area contributed by atoms with E-state index in [0.717, 1.165) is 60.2 Å². The maximum Gasteiger partial charge on any atom is 0.228 e. The Bertz CT molecular complexity index is 1420. The molecule has 0 spiro atoms. The SMILES string of the molecule is CCN1CCC(COc2cc3ncnc(-c4ccc(NC(=O)Cc5ccc(Cl)nc5)cc4)c3cc2OC)CC1.